The van der Waals surface area contributed by atoms with E-state index in [2.05, 4.69) is 10.1 Å². The molecule has 0 bridgehead atoms. The van der Waals surface area contributed by atoms with Gasteiger partial charge in [-0.3, -0.25) is 4.79 Å². The topological polar surface area (TPSA) is 64.4 Å². The van der Waals surface area contributed by atoms with Crippen molar-refractivity contribution in [2.45, 2.75) is 38.3 Å². The molecule has 0 heterocycles. The zero-order valence-electron chi connectivity index (χ0n) is 13.0. The second kappa shape index (κ2) is 11.1. The fraction of sp³-hybridized carbons (Fsp3) is 0.533. The maximum absolute atomic E-state index is 13.1. The molecule has 1 amide bonds. The van der Waals surface area contributed by atoms with Crippen molar-refractivity contribution in [3.05, 3.63) is 24.0 Å². The molecule has 24 heavy (non-hydrogen) atoms. The van der Waals surface area contributed by atoms with Crippen molar-refractivity contribution in [2.24, 2.45) is 5.73 Å². The first-order valence-electron chi connectivity index (χ1n) is 7.31. The summed E-state index contributed by atoms with van der Waals surface area (Å²) >= 11 is 0. The molecule has 0 saturated heterocycles. The lowest BCUT2D eigenvalue weighted by molar-refractivity contribution is -0.153. The number of alkyl halides is 3. The van der Waals surface area contributed by atoms with Crippen LogP contribution in [0.5, 0.6) is 5.75 Å². The zero-order chi connectivity index (χ0) is 17.3. The van der Waals surface area contributed by atoms with Crippen LogP contribution in [0, 0.1) is 5.82 Å². The third-order valence-electron chi connectivity index (χ3n) is 2.97. The SMILES string of the molecule is Cl.NCCCCCCC(=O)Nc1ccc(F)cc1OCC(F)(F)F. The maximum Gasteiger partial charge on any atom is 0.422 e. The third kappa shape index (κ3) is 9.57. The molecule has 138 valence electrons. The van der Waals surface area contributed by atoms with E-state index in [0.717, 1.165) is 31.4 Å². The first-order chi connectivity index (χ1) is 10.8. The van der Waals surface area contributed by atoms with Gasteiger partial charge in [0.2, 0.25) is 5.91 Å². The number of carbonyl (C=O) groups is 1. The van der Waals surface area contributed by atoms with Gasteiger partial charge in [-0.1, -0.05) is 12.8 Å². The van der Waals surface area contributed by atoms with E-state index < -0.39 is 18.6 Å². The van der Waals surface area contributed by atoms with Crippen molar-refractivity contribution in [1.82, 2.24) is 0 Å². The van der Waals surface area contributed by atoms with Crippen LogP contribution in [0.4, 0.5) is 23.2 Å². The largest absolute Gasteiger partial charge is 0.482 e. The van der Waals surface area contributed by atoms with Gasteiger partial charge < -0.3 is 15.8 Å². The van der Waals surface area contributed by atoms with Gasteiger partial charge in [0, 0.05) is 12.5 Å². The lowest BCUT2D eigenvalue weighted by Gasteiger charge is -2.14. The summed E-state index contributed by atoms with van der Waals surface area (Å²) in [5, 5.41) is 2.44. The monoisotopic (exact) mass is 372 g/mol. The van der Waals surface area contributed by atoms with Crippen LogP contribution in [0.3, 0.4) is 0 Å². The van der Waals surface area contributed by atoms with Crippen LogP contribution in [-0.2, 0) is 4.79 Å². The van der Waals surface area contributed by atoms with Crippen LogP contribution in [0.1, 0.15) is 32.1 Å². The van der Waals surface area contributed by atoms with Crippen molar-refractivity contribution < 1.29 is 27.1 Å². The quantitative estimate of drug-likeness (QED) is 0.508. The van der Waals surface area contributed by atoms with E-state index in [1.807, 2.05) is 0 Å². The molecule has 9 heteroatoms. The van der Waals surface area contributed by atoms with Crippen molar-refractivity contribution in [2.75, 3.05) is 18.5 Å². The van der Waals surface area contributed by atoms with Crippen LogP contribution in [0.2, 0.25) is 0 Å². The summed E-state index contributed by atoms with van der Waals surface area (Å²) in [4.78, 5) is 11.8. The fourth-order valence-electron chi connectivity index (χ4n) is 1.87. The Labute approximate surface area is 144 Å². The predicted octanol–water partition coefficient (Wildman–Crippen LogP) is 4.04. The highest BCUT2D eigenvalue weighted by atomic mass is 35.5. The molecule has 1 aromatic rings. The van der Waals surface area contributed by atoms with Crippen LogP contribution >= 0.6 is 12.4 Å². The smallest absolute Gasteiger partial charge is 0.422 e. The standard InChI is InChI=1S/C15H20F4N2O2.ClH/c16-11-6-7-12(13(9-11)23-10-15(17,18)19)21-14(22)5-3-1-2-4-8-20;/h6-7,9H,1-5,8,10,20H2,(H,21,22);1H. The van der Waals surface area contributed by atoms with Gasteiger partial charge in [-0.2, -0.15) is 13.2 Å². The van der Waals surface area contributed by atoms with E-state index in [1.165, 1.54) is 6.07 Å². The summed E-state index contributed by atoms with van der Waals surface area (Å²) in [5.41, 5.74) is 5.37. The normalized spacial score (nSPS) is 10.9. The Hall–Kier alpha value is -1.54. The number of anilines is 1. The molecular formula is C15H21ClF4N2O2. The Bertz CT molecular complexity index is 513. The first-order valence-corrected chi connectivity index (χ1v) is 7.31. The van der Waals surface area contributed by atoms with E-state index in [4.69, 9.17) is 5.73 Å². The number of ether oxygens (including phenoxy) is 1. The van der Waals surface area contributed by atoms with Crippen LogP contribution in [0.15, 0.2) is 18.2 Å². The van der Waals surface area contributed by atoms with Crippen molar-refractivity contribution >= 4 is 24.0 Å². The molecule has 0 fully saturated rings. The number of rotatable bonds is 9. The first kappa shape index (κ1) is 22.5. The highest BCUT2D eigenvalue weighted by molar-refractivity contribution is 5.92. The average Bonchev–Trinajstić information content (AvgIpc) is 2.46. The fourth-order valence-corrected chi connectivity index (χ4v) is 1.87. The van der Waals surface area contributed by atoms with E-state index >= 15 is 0 Å². The summed E-state index contributed by atoms with van der Waals surface area (Å²) in [6.07, 6.45) is -1.04. The predicted molar refractivity (Wildman–Crippen MR) is 86.0 cm³/mol. The van der Waals surface area contributed by atoms with E-state index in [0.29, 0.717) is 13.0 Å². The van der Waals surface area contributed by atoms with Crippen LogP contribution < -0.4 is 15.8 Å². The molecule has 0 unspecified atom stereocenters. The summed E-state index contributed by atoms with van der Waals surface area (Å²) in [6, 6.07) is 3.02. The minimum atomic E-state index is -4.55. The third-order valence-corrected chi connectivity index (χ3v) is 2.97. The lowest BCUT2D eigenvalue weighted by atomic mass is 10.1. The second-order valence-electron chi connectivity index (χ2n) is 5.05. The maximum atomic E-state index is 13.1. The van der Waals surface area contributed by atoms with E-state index in [9.17, 15) is 22.4 Å². The molecule has 0 atom stereocenters. The van der Waals surface area contributed by atoms with Gasteiger partial charge in [0.25, 0.3) is 0 Å². The number of halogens is 5. The molecule has 0 saturated carbocycles. The summed E-state index contributed by atoms with van der Waals surface area (Å²) in [5.74, 6) is -1.46. The van der Waals surface area contributed by atoms with Gasteiger partial charge in [-0.15, -0.1) is 12.4 Å². The zero-order valence-corrected chi connectivity index (χ0v) is 13.8. The highest BCUT2D eigenvalue weighted by Gasteiger charge is 2.29. The van der Waals surface area contributed by atoms with Gasteiger partial charge in [-0.25, -0.2) is 4.39 Å². The van der Waals surface area contributed by atoms with Crippen molar-refractivity contribution in [1.29, 1.82) is 0 Å². The second-order valence-corrected chi connectivity index (χ2v) is 5.05. The molecule has 0 aliphatic heterocycles. The average molecular weight is 373 g/mol. The van der Waals surface area contributed by atoms with Crippen molar-refractivity contribution in [3.8, 4) is 5.75 Å². The number of unbranched alkanes of at least 4 members (excludes halogenated alkanes) is 3. The van der Waals surface area contributed by atoms with Gasteiger partial charge >= 0.3 is 6.18 Å². The number of benzene rings is 1. The molecule has 3 N–H and O–H groups in total. The minimum absolute atomic E-state index is 0. The number of nitrogens with two attached hydrogens (primary N) is 1. The summed E-state index contributed by atoms with van der Waals surface area (Å²) in [6.45, 7) is -0.958. The number of nitrogens with one attached hydrogen (secondary N) is 1. The van der Waals surface area contributed by atoms with Crippen molar-refractivity contribution in [3.63, 3.8) is 0 Å². The van der Waals surface area contributed by atoms with Gasteiger partial charge in [0.1, 0.15) is 11.6 Å². The Morgan fingerprint density at radius 2 is 1.83 bits per heavy atom. The molecule has 4 nitrogen and oxygen atoms in total. The molecule has 0 radical (unpaired) electrons. The molecule has 1 rings (SSSR count). The van der Waals surface area contributed by atoms with E-state index in [1.54, 1.807) is 0 Å². The van der Waals surface area contributed by atoms with E-state index in [-0.39, 0.29) is 36.2 Å². The van der Waals surface area contributed by atoms with Crippen LogP contribution in [0.25, 0.3) is 0 Å². The Kier molecular flexibility index (Phi) is 10.4. The molecule has 1 aromatic carbocycles. The Morgan fingerprint density at radius 1 is 1.17 bits per heavy atom. The Balaban J connectivity index is 0.00000529. The number of hydrogen-bond donors (Lipinski definition) is 2. The number of hydrogen-bond acceptors (Lipinski definition) is 3. The molecule has 0 spiro atoms. The number of amides is 1. The molecule has 0 aliphatic carbocycles. The summed E-state index contributed by atoms with van der Waals surface area (Å²) < 4.78 is 54.3. The Morgan fingerprint density at radius 3 is 2.46 bits per heavy atom. The minimum Gasteiger partial charge on any atom is -0.482 e. The summed E-state index contributed by atoms with van der Waals surface area (Å²) in [7, 11) is 0. The van der Waals surface area contributed by atoms with Gasteiger partial charge in [0.15, 0.2) is 6.61 Å². The number of carbonyl (C=O) groups excluding carboxylic acids is 1. The lowest BCUT2D eigenvalue weighted by Crippen LogP contribution is -2.20. The molecule has 0 aromatic heterocycles. The molecule has 0 aliphatic rings. The van der Waals surface area contributed by atoms with Gasteiger partial charge in [0.05, 0.1) is 5.69 Å². The van der Waals surface area contributed by atoms with Crippen LogP contribution in [-0.4, -0.2) is 25.2 Å². The molecular weight excluding hydrogens is 352 g/mol. The highest BCUT2D eigenvalue weighted by Crippen LogP contribution is 2.28. The van der Waals surface area contributed by atoms with Gasteiger partial charge in [-0.05, 0) is 31.5 Å².